The SMILES string of the molecule is N#Cc1ccc(Nc2ccccc2I)cc1Br. The first-order valence-corrected chi connectivity index (χ1v) is 6.79. The van der Waals surface area contributed by atoms with Crippen LogP contribution in [0.3, 0.4) is 0 Å². The van der Waals surface area contributed by atoms with E-state index in [4.69, 9.17) is 5.26 Å². The molecule has 17 heavy (non-hydrogen) atoms. The molecule has 0 aliphatic rings. The Kier molecular flexibility index (Phi) is 4.02. The van der Waals surface area contributed by atoms with Crippen molar-refractivity contribution >= 4 is 49.9 Å². The van der Waals surface area contributed by atoms with Gasteiger partial charge in [0.05, 0.1) is 11.3 Å². The zero-order valence-corrected chi connectivity index (χ0v) is 12.5. The number of hydrogen-bond donors (Lipinski definition) is 1. The molecule has 0 aliphatic heterocycles. The van der Waals surface area contributed by atoms with Gasteiger partial charge in [0.1, 0.15) is 6.07 Å². The van der Waals surface area contributed by atoms with Gasteiger partial charge in [0, 0.05) is 13.7 Å². The Hall–Kier alpha value is -1.06. The fourth-order valence-electron chi connectivity index (χ4n) is 1.40. The van der Waals surface area contributed by atoms with Crippen molar-refractivity contribution in [1.29, 1.82) is 5.26 Å². The highest BCUT2D eigenvalue weighted by Crippen LogP contribution is 2.26. The second-order valence-corrected chi connectivity index (χ2v) is 5.43. The van der Waals surface area contributed by atoms with Crippen molar-refractivity contribution in [3.05, 3.63) is 56.1 Å². The summed E-state index contributed by atoms with van der Waals surface area (Å²) in [5.41, 5.74) is 2.66. The minimum absolute atomic E-state index is 0.637. The first-order valence-electron chi connectivity index (χ1n) is 4.92. The van der Waals surface area contributed by atoms with E-state index in [9.17, 15) is 0 Å². The Bertz CT molecular complexity index is 590. The molecule has 0 bridgehead atoms. The molecular weight excluding hydrogens is 391 g/mol. The Morgan fingerprint density at radius 2 is 1.94 bits per heavy atom. The highest BCUT2D eigenvalue weighted by atomic mass is 127. The summed E-state index contributed by atoms with van der Waals surface area (Å²) in [4.78, 5) is 0. The average Bonchev–Trinajstić information content (AvgIpc) is 2.32. The maximum atomic E-state index is 8.84. The van der Waals surface area contributed by atoms with Gasteiger partial charge in [-0.3, -0.25) is 0 Å². The predicted molar refractivity (Wildman–Crippen MR) is 81.3 cm³/mol. The number of hydrogen-bond acceptors (Lipinski definition) is 2. The van der Waals surface area contributed by atoms with Crippen molar-refractivity contribution < 1.29 is 0 Å². The Morgan fingerprint density at radius 3 is 2.59 bits per heavy atom. The van der Waals surface area contributed by atoms with Crippen molar-refractivity contribution in [1.82, 2.24) is 0 Å². The molecule has 0 saturated heterocycles. The molecule has 0 aromatic heterocycles. The number of nitrogens with zero attached hydrogens (tertiary/aromatic N) is 1. The third-order valence-corrected chi connectivity index (χ3v) is 3.84. The van der Waals surface area contributed by atoms with Gasteiger partial charge >= 0.3 is 0 Å². The molecule has 0 radical (unpaired) electrons. The molecule has 2 rings (SSSR count). The molecule has 84 valence electrons. The van der Waals surface area contributed by atoms with Gasteiger partial charge in [0.2, 0.25) is 0 Å². The third-order valence-electron chi connectivity index (χ3n) is 2.24. The maximum Gasteiger partial charge on any atom is 0.100 e. The van der Waals surface area contributed by atoms with Crippen LogP contribution in [0.5, 0.6) is 0 Å². The van der Waals surface area contributed by atoms with E-state index in [-0.39, 0.29) is 0 Å². The molecule has 4 heteroatoms. The van der Waals surface area contributed by atoms with Crippen LogP contribution in [-0.4, -0.2) is 0 Å². The van der Waals surface area contributed by atoms with Gasteiger partial charge in [-0.05, 0) is 68.9 Å². The zero-order valence-electron chi connectivity index (χ0n) is 8.74. The van der Waals surface area contributed by atoms with Crippen LogP contribution in [0.1, 0.15) is 5.56 Å². The standard InChI is InChI=1S/C13H8BrIN2/c14-11-7-10(6-5-9(11)8-16)17-13-4-2-1-3-12(13)15/h1-7,17H. The average molecular weight is 399 g/mol. The van der Waals surface area contributed by atoms with E-state index >= 15 is 0 Å². The summed E-state index contributed by atoms with van der Waals surface area (Å²) in [6.07, 6.45) is 0. The van der Waals surface area contributed by atoms with Gasteiger partial charge in [-0.25, -0.2) is 0 Å². The molecule has 2 nitrogen and oxygen atoms in total. The van der Waals surface area contributed by atoms with Gasteiger partial charge in [-0.15, -0.1) is 0 Å². The minimum atomic E-state index is 0.637. The Balaban J connectivity index is 2.29. The predicted octanol–water partition coefficient (Wildman–Crippen LogP) is 4.67. The largest absolute Gasteiger partial charge is 0.355 e. The smallest absolute Gasteiger partial charge is 0.100 e. The lowest BCUT2D eigenvalue weighted by Gasteiger charge is -2.09. The lowest BCUT2D eigenvalue weighted by molar-refractivity contribution is 1.45. The lowest BCUT2D eigenvalue weighted by atomic mass is 10.2. The Morgan fingerprint density at radius 1 is 1.18 bits per heavy atom. The molecule has 0 spiro atoms. The van der Waals surface area contributed by atoms with Crippen LogP contribution in [0.4, 0.5) is 11.4 Å². The van der Waals surface area contributed by atoms with E-state index < -0.39 is 0 Å². The summed E-state index contributed by atoms with van der Waals surface area (Å²) in [6.45, 7) is 0. The Labute approximate surface area is 122 Å². The molecule has 0 atom stereocenters. The summed E-state index contributed by atoms with van der Waals surface area (Å²) >= 11 is 5.66. The van der Waals surface area contributed by atoms with Gasteiger partial charge in [0.15, 0.2) is 0 Å². The van der Waals surface area contributed by atoms with Crippen molar-refractivity contribution in [2.75, 3.05) is 5.32 Å². The van der Waals surface area contributed by atoms with Gasteiger partial charge in [-0.1, -0.05) is 12.1 Å². The number of benzene rings is 2. The van der Waals surface area contributed by atoms with Crippen molar-refractivity contribution in [2.24, 2.45) is 0 Å². The van der Waals surface area contributed by atoms with Gasteiger partial charge < -0.3 is 5.32 Å². The second-order valence-electron chi connectivity index (χ2n) is 3.41. The van der Waals surface area contributed by atoms with Crippen LogP contribution in [0.2, 0.25) is 0 Å². The number of halogens is 2. The number of rotatable bonds is 2. The van der Waals surface area contributed by atoms with Crippen LogP contribution in [0.25, 0.3) is 0 Å². The number of nitrogens with one attached hydrogen (secondary N) is 1. The lowest BCUT2D eigenvalue weighted by Crippen LogP contribution is -1.93. The summed E-state index contributed by atoms with van der Waals surface area (Å²) in [5.74, 6) is 0. The van der Waals surface area contributed by atoms with E-state index in [0.717, 1.165) is 19.4 Å². The quantitative estimate of drug-likeness (QED) is 0.746. The van der Waals surface area contributed by atoms with Crippen molar-refractivity contribution in [2.45, 2.75) is 0 Å². The van der Waals surface area contributed by atoms with E-state index in [0.29, 0.717) is 5.56 Å². The third kappa shape index (κ3) is 2.99. The van der Waals surface area contributed by atoms with Crippen LogP contribution in [0.15, 0.2) is 46.9 Å². The first kappa shape index (κ1) is 12.4. The molecule has 0 unspecified atom stereocenters. The highest BCUT2D eigenvalue weighted by molar-refractivity contribution is 14.1. The highest BCUT2D eigenvalue weighted by Gasteiger charge is 2.02. The number of para-hydroxylation sites is 1. The molecule has 0 amide bonds. The summed E-state index contributed by atoms with van der Waals surface area (Å²) < 4.78 is 1.96. The van der Waals surface area contributed by atoms with E-state index in [2.05, 4.69) is 49.9 Å². The fourth-order valence-corrected chi connectivity index (χ4v) is 2.39. The van der Waals surface area contributed by atoms with Crippen LogP contribution < -0.4 is 5.32 Å². The summed E-state index contributed by atoms with van der Waals surface area (Å²) in [6, 6.07) is 15.8. The molecule has 0 saturated carbocycles. The molecule has 2 aromatic carbocycles. The zero-order chi connectivity index (χ0) is 12.3. The van der Waals surface area contributed by atoms with Crippen LogP contribution >= 0.6 is 38.5 Å². The fraction of sp³-hybridized carbons (Fsp3) is 0. The molecule has 0 heterocycles. The molecular formula is C13H8BrIN2. The van der Waals surface area contributed by atoms with E-state index in [1.165, 1.54) is 0 Å². The minimum Gasteiger partial charge on any atom is -0.355 e. The van der Waals surface area contributed by atoms with Crippen LogP contribution in [0, 0.1) is 14.9 Å². The van der Waals surface area contributed by atoms with E-state index in [1.54, 1.807) is 6.07 Å². The number of nitriles is 1. The van der Waals surface area contributed by atoms with Gasteiger partial charge in [0.25, 0.3) is 0 Å². The first-order chi connectivity index (χ1) is 8.20. The maximum absolute atomic E-state index is 8.84. The monoisotopic (exact) mass is 398 g/mol. The van der Waals surface area contributed by atoms with Crippen LogP contribution in [-0.2, 0) is 0 Å². The molecule has 0 aliphatic carbocycles. The molecule has 1 N–H and O–H groups in total. The van der Waals surface area contributed by atoms with Gasteiger partial charge in [-0.2, -0.15) is 5.26 Å². The molecule has 2 aromatic rings. The van der Waals surface area contributed by atoms with E-state index in [1.807, 2.05) is 36.4 Å². The topological polar surface area (TPSA) is 35.8 Å². The van der Waals surface area contributed by atoms with Crippen molar-refractivity contribution in [3.63, 3.8) is 0 Å². The second kappa shape index (κ2) is 5.52. The number of anilines is 2. The normalized spacial score (nSPS) is 9.71. The summed E-state index contributed by atoms with van der Waals surface area (Å²) in [5, 5.41) is 12.2. The molecule has 0 fully saturated rings. The summed E-state index contributed by atoms with van der Waals surface area (Å²) in [7, 11) is 0. The van der Waals surface area contributed by atoms with Crippen molar-refractivity contribution in [3.8, 4) is 6.07 Å².